The Morgan fingerprint density at radius 3 is 2.83 bits per heavy atom. The third-order valence-electron chi connectivity index (χ3n) is 1.33. The monoisotopic (exact) mass is 169 g/mol. The van der Waals surface area contributed by atoms with Crippen molar-refractivity contribution in [3.05, 3.63) is 0 Å². The molecule has 68 valence electrons. The van der Waals surface area contributed by atoms with Gasteiger partial charge in [-0.3, -0.25) is 10.1 Å². The van der Waals surface area contributed by atoms with Crippen molar-refractivity contribution in [2.24, 2.45) is 0 Å². The van der Waals surface area contributed by atoms with Crippen molar-refractivity contribution in [1.82, 2.24) is 10.6 Å². The molecule has 0 rings (SSSR count). The number of hydrogen-bond donors (Lipinski definition) is 2. The maximum absolute atomic E-state index is 10.9. The summed E-state index contributed by atoms with van der Waals surface area (Å²) in [7, 11) is 0. The second-order valence-electron chi connectivity index (χ2n) is 2.58. The Balaban J connectivity index is 3.39. The molecular weight excluding hydrogens is 154 g/mol. The fraction of sp³-hybridized carbons (Fsp3) is 0.750. The van der Waals surface area contributed by atoms with Crippen LogP contribution in [0.15, 0.2) is 0 Å². The number of carbonyl (C=O) groups excluding carboxylic acids is 1. The third kappa shape index (κ3) is 5.69. The molecule has 0 saturated heterocycles. The predicted octanol–water partition coefficient (Wildman–Crippen LogP) is 0.0143. The Bertz CT molecular complexity index is 174. The summed E-state index contributed by atoms with van der Waals surface area (Å²) in [5.74, 6) is -0.0565. The first kappa shape index (κ1) is 10.9. The predicted molar refractivity (Wildman–Crippen MR) is 46.4 cm³/mol. The van der Waals surface area contributed by atoms with Gasteiger partial charge in [-0.05, 0) is 13.3 Å². The van der Waals surface area contributed by atoms with E-state index in [1.54, 1.807) is 6.92 Å². The van der Waals surface area contributed by atoms with Crippen LogP contribution in [0.5, 0.6) is 0 Å². The largest absolute Gasteiger partial charge is 0.355 e. The SMILES string of the molecule is CCCNC(=O)CNC(C)C#N. The molecule has 4 heteroatoms. The van der Waals surface area contributed by atoms with Crippen LogP contribution >= 0.6 is 0 Å². The molecule has 0 aromatic rings. The standard InChI is InChI=1S/C8H15N3O/c1-3-4-10-8(12)6-11-7(2)5-9/h7,11H,3-4,6H2,1-2H3,(H,10,12). The van der Waals surface area contributed by atoms with Crippen LogP contribution in [0.3, 0.4) is 0 Å². The molecule has 2 N–H and O–H groups in total. The Labute approximate surface area is 72.9 Å². The minimum atomic E-state index is -0.266. The first-order valence-corrected chi connectivity index (χ1v) is 4.10. The smallest absolute Gasteiger partial charge is 0.233 e. The normalized spacial score (nSPS) is 11.8. The van der Waals surface area contributed by atoms with Crippen LogP contribution in [-0.4, -0.2) is 25.0 Å². The molecule has 1 amide bonds. The fourth-order valence-electron chi connectivity index (χ4n) is 0.618. The topological polar surface area (TPSA) is 64.9 Å². The molecule has 0 aliphatic heterocycles. The van der Waals surface area contributed by atoms with Gasteiger partial charge in [0.15, 0.2) is 0 Å². The Morgan fingerprint density at radius 2 is 2.33 bits per heavy atom. The lowest BCUT2D eigenvalue weighted by Crippen LogP contribution is -2.37. The van der Waals surface area contributed by atoms with Gasteiger partial charge in [-0.1, -0.05) is 6.92 Å². The number of nitriles is 1. The Kier molecular flexibility index (Phi) is 6.02. The van der Waals surface area contributed by atoms with Crippen molar-refractivity contribution >= 4 is 5.91 Å². The van der Waals surface area contributed by atoms with E-state index in [0.717, 1.165) is 6.42 Å². The van der Waals surface area contributed by atoms with Crippen molar-refractivity contribution in [2.45, 2.75) is 26.3 Å². The number of amides is 1. The van der Waals surface area contributed by atoms with E-state index in [0.29, 0.717) is 6.54 Å². The van der Waals surface area contributed by atoms with Gasteiger partial charge < -0.3 is 5.32 Å². The van der Waals surface area contributed by atoms with Crippen molar-refractivity contribution in [3.63, 3.8) is 0 Å². The van der Waals surface area contributed by atoms with Crippen LogP contribution < -0.4 is 10.6 Å². The quantitative estimate of drug-likeness (QED) is 0.609. The van der Waals surface area contributed by atoms with Crippen LogP contribution in [0.1, 0.15) is 20.3 Å². The summed E-state index contributed by atoms with van der Waals surface area (Å²) in [6, 6.07) is 1.72. The molecule has 0 radical (unpaired) electrons. The van der Waals surface area contributed by atoms with Gasteiger partial charge in [-0.25, -0.2) is 0 Å². The highest BCUT2D eigenvalue weighted by molar-refractivity contribution is 5.77. The highest BCUT2D eigenvalue weighted by atomic mass is 16.1. The van der Waals surface area contributed by atoms with Crippen LogP contribution in [0.4, 0.5) is 0 Å². The first-order chi connectivity index (χ1) is 5.70. The summed E-state index contributed by atoms with van der Waals surface area (Å²) in [5.41, 5.74) is 0. The van der Waals surface area contributed by atoms with Gasteiger partial charge in [0.2, 0.25) is 5.91 Å². The molecule has 0 bridgehead atoms. The van der Waals surface area contributed by atoms with E-state index >= 15 is 0 Å². The van der Waals surface area contributed by atoms with Crippen LogP contribution in [-0.2, 0) is 4.79 Å². The summed E-state index contributed by atoms with van der Waals surface area (Å²) in [6.45, 7) is 4.62. The molecule has 0 heterocycles. The molecule has 0 aromatic heterocycles. The van der Waals surface area contributed by atoms with Crippen LogP contribution in [0, 0.1) is 11.3 Å². The molecule has 0 aliphatic rings. The summed E-state index contributed by atoms with van der Waals surface area (Å²) < 4.78 is 0. The van der Waals surface area contributed by atoms with Crippen molar-refractivity contribution in [3.8, 4) is 6.07 Å². The minimum Gasteiger partial charge on any atom is -0.355 e. The highest BCUT2D eigenvalue weighted by Crippen LogP contribution is 1.76. The molecule has 4 nitrogen and oxygen atoms in total. The van der Waals surface area contributed by atoms with E-state index in [-0.39, 0.29) is 18.5 Å². The van der Waals surface area contributed by atoms with Crippen LogP contribution in [0.2, 0.25) is 0 Å². The maximum atomic E-state index is 10.9. The highest BCUT2D eigenvalue weighted by Gasteiger charge is 2.02. The second-order valence-corrected chi connectivity index (χ2v) is 2.58. The molecule has 0 spiro atoms. The van der Waals surface area contributed by atoms with Crippen molar-refractivity contribution < 1.29 is 4.79 Å². The molecule has 0 aliphatic carbocycles. The maximum Gasteiger partial charge on any atom is 0.233 e. The zero-order chi connectivity index (χ0) is 9.40. The zero-order valence-electron chi connectivity index (χ0n) is 7.55. The molecule has 1 atom stereocenters. The van der Waals surface area contributed by atoms with Crippen LogP contribution in [0.25, 0.3) is 0 Å². The molecule has 0 aromatic carbocycles. The van der Waals surface area contributed by atoms with E-state index in [1.807, 2.05) is 13.0 Å². The summed E-state index contributed by atoms with van der Waals surface area (Å²) in [5, 5.41) is 13.8. The summed E-state index contributed by atoms with van der Waals surface area (Å²) in [4.78, 5) is 10.9. The van der Waals surface area contributed by atoms with Gasteiger partial charge in [0.1, 0.15) is 0 Å². The van der Waals surface area contributed by atoms with Crippen molar-refractivity contribution in [2.75, 3.05) is 13.1 Å². The van der Waals surface area contributed by atoms with Gasteiger partial charge in [-0.15, -0.1) is 0 Å². The van der Waals surface area contributed by atoms with E-state index < -0.39 is 0 Å². The van der Waals surface area contributed by atoms with Gasteiger partial charge in [0, 0.05) is 6.54 Å². The number of nitrogens with zero attached hydrogens (tertiary/aromatic N) is 1. The average molecular weight is 169 g/mol. The minimum absolute atomic E-state index is 0.0565. The summed E-state index contributed by atoms with van der Waals surface area (Å²) in [6.07, 6.45) is 0.930. The molecular formula is C8H15N3O. The molecule has 12 heavy (non-hydrogen) atoms. The molecule has 0 saturated carbocycles. The number of carbonyl (C=O) groups is 1. The van der Waals surface area contributed by atoms with Gasteiger partial charge in [0.05, 0.1) is 18.7 Å². The van der Waals surface area contributed by atoms with Gasteiger partial charge >= 0.3 is 0 Å². The molecule has 0 fully saturated rings. The second kappa shape index (κ2) is 6.62. The van der Waals surface area contributed by atoms with E-state index in [4.69, 9.17) is 5.26 Å². The first-order valence-electron chi connectivity index (χ1n) is 4.10. The van der Waals surface area contributed by atoms with Gasteiger partial charge in [0.25, 0.3) is 0 Å². The Morgan fingerprint density at radius 1 is 1.67 bits per heavy atom. The average Bonchev–Trinajstić information content (AvgIpc) is 2.10. The van der Waals surface area contributed by atoms with E-state index in [1.165, 1.54) is 0 Å². The lowest BCUT2D eigenvalue weighted by Gasteiger charge is -2.05. The van der Waals surface area contributed by atoms with E-state index in [9.17, 15) is 4.79 Å². The van der Waals surface area contributed by atoms with Crippen molar-refractivity contribution in [1.29, 1.82) is 5.26 Å². The lowest BCUT2D eigenvalue weighted by molar-refractivity contribution is -0.120. The van der Waals surface area contributed by atoms with E-state index in [2.05, 4.69) is 10.6 Å². The Hall–Kier alpha value is -1.08. The summed E-state index contributed by atoms with van der Waals surface area (Å²) >= 11 is 0. The third-order valence-corrected chi connectivity index (χ3v) is 1.33. The lowest BCUT2D eigenvalue weighted by atomic mass is 10.4. The zero-order valence-corrected chi connectivity index (χ0v) is 7.55. The van der Waals surface area contributed by atoms with Gasteiger partial charge in [-0.2, -0.15) is 5.26 Å². The number of nitrogens with one attached hydrogen (secondary N) is 2. The number of hydrogen-bond acceptors (Lipinski definition) is 3. The number of rotatable bonds is 5. The molecule has 1 unspecified atom stereocenters. The fourth-order valence-corrected chi connectivity index (χ4v) is 0.618.